The van der Waals surface area contributed by atoms with E-state index >= 15 is 0 Å². The molecule has 156 valence electrons. The molecule has 7 heteroatoms. The number of carbonyl (C=O) groups is 2. The van der Waals surface area contributed by atoms with E-state index < -0.39 is 11.9 Å². The first kappa shape index (κ1) is 23.2. The Kier molecular flexibility index (Phi) is 8.50. The summed E-state index contributed by atoms with van der Waals surface area (Å²) < 4.78 is 0. The van der Waals surface area contributed by atoms with Crippen LogP contribution in [0.5, 0.6) is 0 Å². The summed E-state index contributed by atoms with van der Waals surface area (Å²) in [4.78, 5) is 25.4. The van der Waals surface area contributed by atoms with Gasteiger partial charge in [-0.15, -0.1) is 0 Å². The molecule has 0 fully saturated rings. The lowest BCUT2D eigenvalue weighted by molar-refractivity contribution is -0.123. The highest BCUT2D eigenvalue weighted by Crippen LogP contribution is 2.21. The van der Waals surface area contributed by atoms with Crippen LogP contribution in [0.1, 0.15) is 54.7 Å². The number of carbonyl (C=O) groups excluding carboxylic acids is 2. The zero-order chi connectivity index (χ0) is 21.6. The van der Waals surface area contributed by atoms with Crippen LogP contribution in [-0.4, -0.2) is 17.9 Å². The van der Waals surface area contributed by atoms with E-state index in [4.69, 9.17) is 28.9 Å². The smallest absolute Gasteiger partial charge is 0.253 e. The lowest BCUT2D eigenvalue weighted by Crippen LogP contribution is -2.47. The molecule has 0 saturated heterocycles. The van der Waals surface area contributed by atoms with Crippen LogP contribution >= 0.6 is 23.2 Å². The Morgan fingerprint density at radius 2 is 1.69 bits per heavy atom. The number of amides is 2. The average molecular weight is 436 g/mol. The fourth-order valence-corrected chi connectivity index (χ4v) is 3.36. The zero-order valence-electron chi connectivity index (χ0n) is 16.8. The van der Waals surface area contributed by atoms with E-state index in [9.17, 15) is 9.59 Å². The van der Waals surface area contributed by atoms with Crippen LogP contribution < -0.4 is 16.4 Å². The monoisotopic (exact) mass is 435 g/mol. The SMILES string of the molecule is CC(C)C[C@H](NC(=O)c1ccc(Cl)cc1Cl)C(=O)NCc1ccc([C@@H](C)N)cc1. The van der Waals surface area contributed by atoms with Crippen molar-refractivity contribution in [3.8, 4) is 0 Å². The highest BCUT2D eigenvalue weighted by atomic mass is 35.5. The third-order valence-electron chi connectivity index (χ3n) is 4.48. The second kappa shape index (κ2) is 10.6. The number of hydrogen-bond acceptors (Lipinski definition) is 3. The van der Waals surface area contributed by atoms with Gasteiger partial charge in [0.1, 0.15) is 6.04 Å². The quantitative estimate of drug-likeness (QED) is 0.571. The van der Waals surface area contributed by atoms with Gasteiger partial charge in [-0.05, 0) is 48.6 Å². The van der Waals surface area contributed by atoms with E-state index in [0.29, 0.717) is 18.0 Å². The van der Waals surface area contributed by atoms with Gasteiger partial charge in [0.2, 0.25) is 5.91 Å². The highest BCUT2D eigenvalue weighted by Gasteiger charge is 2.23. The molecule has 0 radical (unpaired) electrons. The molecule has 0 heterocycles. The first-order valence-corrected chi connectivity index (χ1v) is 10.3. The van der Waals surface area contributed by atoms with Crippen molar-refractivity contribution < 1.29 is 9.59 Å². The first-order chi connectivity index (χ1) is 13.7. The molecule has 4 N–H and O–H groups in total. The van der Waals surface area contributed by atoms with Gasteiger partial charge in [-0.25, -0.2) is 0 Å². The van der Waals surface area contributed by atoms with Crippen LogP contribution in [0, 0.1) is 5.92 Å². The van der Waals surface area contributed by atoms with Crippen molar-refractivity contribution in [1.82, 2.24) is 10.6 Å². The van der Waals surface area contributed by atoms with Gasteiger partial charge in [-0.2, -0.15) is 0 Å². The van der Waals surface area contributed by atoms with Gasteiger partial charge in [-0.1, -0.05) is 61.3 Å². The fraction of sp³-hybridized carbons (Fsp3) is 0.364. The highest BCUT2D eigenvalue weighted by molar-refractivity contribution is 6.36. The predicted octanol–water partition coefficient (Wildman–Crippen LogP) is 4.47. The van der Waals surface area contributed by atoms with E-state index in [1.165, 1.54) is 6.07 Å². The molecule has 0 unspecified atom stereocenters. The summed E-state index contributed by atoms with van der Waals surface area (Å²) in [5.74, 6) is -0.431. The van der Waals surface area contributed by atoms with E-state index in [1.807, 2.05) is 45.0 Å². The molecule has 0 bridgehead atoms. The Morgan fingerprint density at radius 3 is 2.24 bits per heavy atom. The Balaban J connectivity index is 2.04. The van der Waals surface area contributed by atoms with E-state index in [0.717, 1.165) is 11.1 Å². The summed E-state index contributed by atoms with van der Waals surface area (Å²) in [5.41, 5.74) is 8.13. The van der Waals surface area contributed by atoms with Gasteiger partial charge >= 0.3 is 0 Å². The minimum atomic E-state index is -0.669. The zero-order valence-corrected chi connectivity index (χ0v) is 18.3. The molecule has 29 heavy (non-hydrogen) atoms. The maximum absolute atomic E-state index is 12.7. The van der Waals surface area contributed by atoms with Crippen molar-refractivity contribution in [3.63, 3.8) is 0 Å². The van der Waals surface area contributed by atoms with E-state index in [1.54, 1.807) is 12.1 Å². The van der Waals surface area contributed by atoms with E-state index in [-0.39, 0.29) is 28.5 Å². The van der Waals surface area contributed by atoms with Crippen molar-refractivity contribution in [3.05, 3.63) is 69.2 Å². The van der Waals surface area contributed by atoms with Gasteiger partial charge in [0.05, 0.1) is 10.6 Å². The van der Waals surface area contributed by atoms with Crippen molar-refractivity contribution in [2.24, 2.45) is 11.7 Å². The van der Waals surface area contributed by atoms with Crippen molar-refractivity contribution >= 4 is 35.0 Å². The Bertz CT molecular complexity index is 852. The predicted molar refractivity (Wildman–Crippen MR) is 118 cm³/mol. The molecule has 2 atom stereocenters. The molecule has 0 spiro atoms. The number of nitrogens with one attached hydrogen (secondary N) is 2. The van der Waals surface area contributed by atoms with Gasteiger partial charge in [0.25, 0.3) is 5.91 Å². The van der Waals surface area contributed by atoms with Crippen LogP contribution in [0.25, 0.3) is 0 Å². The Hall–Kier alpha value is -2.08. The van der Waals surface area contributed by atoms with Crippen molar-refractivity contribution in [2.75, 3.05) is 0 Å². The normalized spacial score (nSPS) is 13.1. The molecule has 2 rings (SSSR count). The molecule has 0 aliphatic carbocycles. The molecule has 2 amide bonds. The van der Waals surface area contributed by atoms with Crippen LogP contribution in [0.2, 0.25) is 10.0 Å². The molecule has 0 aliphatic heterocycles. The van der Waals surface area contributed by atoms with Gasteiger partial charge in [0, 0.05) is 17.6 Å². The second-order valence-corrected chi connectivity index (χ2v) is 8.37. The number of halogens is 2. The van der Waals surface area contributed by atoms with Gasteiger partial charge < -0.3 is 16.4 Å². The standard InChI is InChI=1S/C22H27Cl2N3O2/c1-13(2)10-20(27-21(28)18-9-8-17(23)11-19(18)24)22(29)26-12-15-4-6-16(7-5-15)14(3)25/h4-9,11,13-14,20H,10,12,25H2,1-3H3,(H,26,29)(H,27,28)/t14-,20+/m1/s1. The molecule has 2 aromatic rings. The molecule has 0 aliphatic rings. The summed E-state index contributed by atoms with van der Waals surface area (Å²) in [6.45, 7) is 6.27. The molecule has 0 saturated carbocycles. The third-order valence-corrected chi connectivity index (χ3v) is 5.02. The van der Waals surface area contributed by atoms with Crippen LogP contribution in [-0.2, 0) is 11.3 Å². The van der Waals surface area contributed by atoms with Gasteiger partial charge in [0.15, 0.2) is 0 Å². The van der Waals surface area contributed by atoms with Crippen molar-refractivity contribution in [2.45, 2.75) is 45.8 Å². The minimum Gasteiger partial charge on any atom is -0.350 e. The van der Waals surface area contributed by atoms with Crippen LogP contribution in [0.3, 0.4) is 0 Å². The lowest BCUT2D eigenvalue weighted by Gasteiger charge is -2.20. The minimum absolute atomic E-state index is 0.0380. The number of nitrogens with two attached hydrogens (primary N) is 1. The summed E-state index contributed by atoms with van der Waals surface area (Å²) >= 11 is 12.0. The molecule has 0 aromatic heterocycles. The van der Waals surface area contributed by atoms with Gasteiger partial charge in [-0.3, -0.25) is 9.59 Å². The average Bonchev–Trinajstić information content (AvgIpc) is 2.65. The second-order valence-electron chi connectivity index (χ2n) is 7.53. The fourth-order valence-electron chi connectivity index (χ4n) is 2.86. The summed E-state index contributed by atoms with van der Waals surface area (Å²) in [7, 11) is 0. The largest absolute Gasteiger partial charge is 0.350 e. The molecule has 2 aromatic carbocycles. The maximum Gasteiger partial charge on any atom is 0.253 e. The summed E-state index contributed by atoms with van der Waals surface area (Å²) in [5, 5.41) is 6.37. The number of rotatable bonds is 8. The topological polar surface area (TPSA) is 84.2 Å². The summed E-state index contributed by atoms with van der Waals surface area (Å²) in [6.07, 6.45) is 0.506. The van der Waals surface area contributed by atoms with E-state index in [2.05, 4.69) is 10.6 Å². The third kappa shape index (κ3) is 7.03. The van der Waals surface area contributed by atoms with Crippen molar-refractivity contribution in [1.29, 1.82) is 0 Å². The molecular formula is C22H27Cl2N3O2. The number of hydrogen-bond donors (Lipinski definition) is 3. The van der Waals surface area contributed by atoms with Crippen LogP contribution in [0.15, 0.2) is 42.5 Å². The first-order valence-electron chi connectivity index (χ1n) is 9.55. The van der Waals surface area contributed by atoms with Crippen LogP contribution in [0.4, 0.5) is 0 Å². The number of benzene rings is 2. The lowest BCUT2D eigenvalue weighted by atomic mass is 10.0. The Labute approximate surface area is 182 Å². The Morgan fingerprint density at radius 1 is 1.03 bits per heavy atom. The summed E-state index contributed by atoms with van der Waals surface area (Å²) in [6, 6.07) is 11.7. The maximum atomic E-state index is 12.7. The molecular weight excluding hydrogens is 409 g/mol. The molecule has 5 nitrogen and oxygen atoms in total.